The van der Waals surface area contributed by atoms with Crippen molar-refractivity contribution in [2.75, 3.05) is 39.0 Å². The third-order valence-corrected chi connectivity index (χ3v) is 6.91. The summed E-state index contributed by atoms with van der Waals surface area (Å²) < 4.78 is 2.08. The molecular formula is C24H26N6OS. The van der Waals surface area contributed by atoms with Gasteiger partial charge in [-0.3, -0.25) is 9.36 Å². The topological polar surface area (TPSA) is 70.1 Å². The van der Waals surface area contributed by atoms with E-state index in [1.165, 1.54) is 11.8 Å². The van der Waals surface area contributed by atoms with Gasteiger partial charge in [-0.2, -0.15) is 0 Å². The fraction of sp³-hybridized carbons (Fsp3) is 0.292. The molecule has 1 fully saturated rings. The molecule has 1 aliphatic rings. The van der Waals surface area contributed by atoms with Gasteiger partial charge in [-0.15, -0.1) is 10.2 Å². The Morgan fingerprint density at radius 2 is 1.78 bits per heavy atom. The summed E-state index contributed by atoms with van der Waals surface area (Å²) in [6.07, 6.45) is 1.98. The molecule has 4 aromatic rings. The molecule has 32 heavy (non-hydrogen) atoms. The summed E-state index contributed by atoms with van der Waals surface area (Å²) in [5.41, 5.74) is 4.20. The van der Waals surface area contributed by atoms with Crippen LogP contribution in [0.1, 0.15) is 5.56 Å². The summed E-state index contributed by atoms with van der Waals surface area (Å²) in [6, 6.07) is 16.4. The molecule has 164 valence electrons. The number of nitrogens with one attached hydrogen (secondary N) is 1. The summed E-state index contributed by atoms with van der Waals surface area (Å²) >= 11 is 1.45. The van der Waals surface area contributed by atoms with E-state index in [1.54, 1.807) is 0 Å². The average Bonchev–Trinajstić information content (AvgIpc) is 3.42. The summed E-state index contributed by atoms with van der Waals surface area (Å²) in [7, 11) is 2.09. The van der Waals surface area contributed by atoms with Crippen LogP contribution in [0.15, 0.2) is 59.9 Å². The number of aromatic nitrogens is 4. The number of piperazine rings is 1. The van der Waals surface area contributed by atoms with Gasteiger partial charge in [0.05, 0.1) is 11.4 Å². The van der Waals surface area contributed by atoms with Crippen molar-refractivity contribution in [3.8, 4) is 17.1 Å². The standard InChI is InChI=1S/C24H26N6OS/c1-17-7-3-6-10-21(17)30-23(19-15-25-20-9-5-4-8-18(19)20)26-27-24(30)32-16-22(31)29-13-11-28(2)12-14-29/h3-10,15,25H,11-14,16H2,1-2H3. The first-order valence-electron chi connectivity index (χ1n) is 10.8. The van der Waals surface area contributed by atoms with Gasteiger partial charge in [0.1, 0.15) is 0 Å². The number of H-pyrrole nitrogens is 1. The minimum absolute atomic E-state index is 0.149. The molecule has 1 saturated heterocycles. The Labute approximate surface area is 191 Å². The second kappa shape index (κ2) is 8.80. The van der Waals surface area contributed by atoms with Crippen molar-refractivity contribution in [2.24, 2.45) is 0 Å². The van der Waals surface area contributed by atoms with Gasteiger partial charge in [-0.05, 0) is 31.7 Å². The second-order valence-electron chi connectivity index (χ2n) is 8.15. The number of amides is 1. The Hall–Kier alpha value is -3.10. The highest BCUT2D eigenvalue weighted by Gasteiger charge is 2.23. The van der Waals surface area contributed by atoms with Crippen molar-refractivity contribution in [2.45, 2.75) is 12.1 Å². The molecule has 2 aromatic carbocycles. The zero-order valence-corrected chi connectivity index (χ0v) is 19.1. The highest BCUT2D eigenvalue weighted by molar-refractivity contribution is 7.99. The van der Waals surface area contributed by atoms with Gasteiger partial charge in [-0.1, -0.05) is 48.2 Å². The summed E-state index contributed by atoms with van der Waals surface area (Å²) in [5.74, 6) is 1.27. The third kappa shape index (κ3) is 3.91. The van der Waals surface area contributed by atoms with E-state index in [-0.39, 0.29) is 5.91 Å². The number of aryl methyl sites for hydroxylation is 1. The lowest BCUT2D eigenvalue weighted by Crippen LogP contribution is -2.47. The van der Waals surface area contributed by atoms with Crippen molar-refractivity contribution in [3.63, 3.8) is 0 Å². The first-order valence-corrected chi connectivity index (χ1v) is 11.8. The number of fused-ring (bicyclic) bond motifs is 1. The van der Waals surface area contributed by atoms with Crippen LogP contribution in [0, 0.1) is 6.92 Å². The van der Waals surface area contributed by atoms with E-state index in [4.69, 9.17) is 0 Å². The van der Waals surface area contributed by atoms with Crippen molar-refractivity contribution < 1.29 is 4.79 Å². The van der Waals surface area contributed by atoms with Gasteiger partial charge in [0, 0.05) is 48.8 Å². The Balaban J connectivity index is 1.49. The Kier molecular flexibility index (Phi) is 5.71. The molecule has 0 bridgehead atoms. The number of rotatable bonds is 5. The van der Waals surface area contributed by atoms with Crippen molar-refractivity contribution in [1.29, 1.82) is 0 Å². The monoisotopic (exact) mass is 446 g/mol. The minimum Gasteiger partial charge on any atom is -0.360 e. The number of hydrogen-bond acceptors (Lipinski definition) is 5. The molecule has 0 unspecified atom stereocenters. The van der Waals surface area contributed by atoms with Crippen LogP contribution in [0.25, 0.3) is 28.0 Å². The molecule has 0 saturated carbocycles. The molecule has 1 aliphatic heterocycles. The molecule has 3 heterocycles. The minimum atomic E-state index is 0.149. The van der Waals surface area contributed by atoms with Gasteiger partial charge < -0.3 is 14.8 Å². The first-order chi connectivity index (χ1) is 15.6. The van der Waals surface area contributed by atoms with Crippen molar-refractivity contribution in [3.05, 3.63) is 60.3 Å². The number of nitrogens with zero attached hydrogens (tertiary/aromatic N) is 5. The number of aromatic amines is 1. The highest BCUT2D eigenvalue weighted by Crippen LogP contribution is 2.33. The molecule has 7 nitrogen and oxygen atoms in total. The number of likely N-dealkylation sites (N-methyl/N-ethyl adjacent to an activating group) is 1. The summed E-state index contributed by atoms with van der Waals surface area (Å²) in [6.45, 7) is 5.47. The molecule has 0 aliphatic carbocycles. The fourth-order valence-electron chi connectivity index (χ4n) is 4.10. The van der Waals surface area contributed by atoms with Crippen LogP contribution in [0.4, 0.5) is 0 Å². The van der Waals surface area contributed by atoms with Crippen molar-refractivity contribution >= 4 is 28.6 Å². The summed E-state index contributed by atoms with van der Waals surface area (Å²) in [5, 5.41) is 10.9. The number of carbonyl (C=O) groups excluding carboxylic acids is 1. The van der Waals surface area contributed by atoms with E-state index in [1.807, 2.05) is 35.4 Å². The Bertz CT molecular complexity index is 1250. The maximum absolute atomic E-state index is 12.8. The van der Waals surface area contributed by atoms with Crippen LogP contribution < -0.4 is 0 Å². The van der Waals surface area contributed by atoms with E-state index >= 15 is 0 Å². The van der Waals surface area contributed by atoms with Crippen LogP contribution in [-0.2, 0) is 4.79 Å². The molecule has 8 heteroatoms. The lowest BCUT2D eigenvalue weighted by Gasteiger charge is -2.32. The molecule has 0 radical (unpaired) electrons. The molecule has 5 rings (SSSR count). The maximum Gasteiger partial charge on any atom is 0.233 e. The van der Waals surface area contributed by atoms with Gasteiger partial charge in [0.15, 0.2) is 11.0 Å². The van der Waals surface area contributed by atoms with E-state index in [0.717, 1.165) is 64.9 Å². The predicted molar refractivity (Wildman–Crippen MR) is 128 cm³/mol. The molecule has 1 N–H and O–H groups in total. The van der Waals surface area contributed by atoms with Gasteiger partial charge >= 0.3 is 0 Å². The molecule has 0 atom stereocenters. The molecule has 1 amide bonds. The van der Waals surface area contributed by atoms with Crippen LogP contribution in [0.2, 0.25) is 0 Å². The van der Waals surface area contributed by atoms with Gasteiger partial charge in [0.25, 0.3) is 0 Å². The lowest BCUT2D eigenvalue weighted by molar-refractivity contribution is -0.129. The highest BCUT2D eigenvalue weighted by atomic mass is 32.2. The number of benzene rings is 2. The van der Waals surface area contributed by atoms with Crippen LogP contribution >= 0.6 is 11.8 Å². The zero-order valence-electron chi connectivity index (χ0n) is 18.3. The number of carbonyl (C=O) groups is 1. The molecular weight excluding hydrogens is 420 g/mol. The molecule has 2 aromatic heterocycles. The van der Waals surface area contributed by atoms with Gasteiger partial charge in [-0.25, -0.2) is 0 Å². The first kappa shape index (κ1) is 20.8. The van der Waals surface area contributed by atoms with E-state index in [9.17, 15) is 4.79 Å². The van der Waals surface area contributed by atoms with E-state index < -0.39 is 0 Å². The van der Waals surface area contributed by atoms with Crippen molar-refractivity contribution in [1.82, 2.24) is 29.5 Å². The molecule has 0 spiro atoms. The van der Waals surface area contributed by atoms with Gasteiger partial charge in [0.2, 0.25) is 5.91 Å². The van der Waals surface area contributed by atoms with Crippen LogP contribution in [-0.4, -0.2) is 74.4 Å². The lowest BCUT2D eigenvalue weighted by atomic mass is 10.1. The smallest absolute Gasteiger partial charge is 0.233 e. The zero-order chi connectivity index (χ0) is 22.1. The summed E-state index contributed by atoms with van der Waals surface area (Å²) in [4.78, 5) is 20.4. The predicted octanol–water partition coefficient (Wildman–Crippen LogP) is 3.59. The Morgan fingerprint density at radius 1 is 1.03 bits per heavy atom. The van der Waals surface area contributed by atoms with Crippen LogP contribution in [0.3, 0.4) is 0 Å². The number of para-hydroxylation sites is 2. The fourth-order valence-corrected chi connectivity index (χ4v) is 4.95. The van der Waals surface area contributed by atoms with E-state index in [0.29, 0.717) is 5.75 Å². The number of hydrogen-bond donors (Lipinski definition) is 1. The largest absolute Gasteiger partial charge is 0.360 e. The maximum atomic E-state index is 12.8. The number of thioether (sulfide) groups is 1. The average molecular weight is 447 g/mol. The quantitative estimate of drug-likeness (QED) is 0.475. The second-order valence-corrected chi connectivity index (χ2v) is 9.09. The Morgan fingerprint density at radius 3 is 2.59 bits per heavy atom. The SMILES string of the molecule is Cc1ccccc1-n1c(SCC(=O)N2CCN(C)CC2)nnc1-c1c[nH]c2ccccc12. The van der Waals surface area contributed by atoms with Crippen LogP contribution in [0.5, 0.6) is 0 Å². The normalized spacial score (nSPS) is 14.9. The van der Waals surface area contributed by atoms with E-state index in [2.05, 4.69) is 62.9 Å². The third-order valence-electron chi connectivity index (χ3n) is 6.00.